The second kappa shape index (κ2) is 10.9. The van der Waals surface area contributed by atoms with Crippen molar-refractivity contribution >= 4 is 27.6 Å². The number of carbonyl (C=O) groups excluding carboxylic acids is 1. The summed E-state index contributed by atoms with van der Waals surface area (Å²) in [6.07, 6.45) is 1.23. The van der Waals surface area contributed by atoms with Crippen molar-refractivity contribution in [1.29, 1.82) is 0 Å². The number of hydrogen-bond acceptors (Lipinski definition) is 7. The van der Waals surface area contributed by atoms with Crippen molar-refractivity contribution in [1.82, 2.24) is 23.8 Å². The number of amides is 1. The molecule has 0 saturated carbocycles. The number of benzene rings is 1. The summed E-state index contributed by atoms with van der Waals surface area (Å²) in [4.78, 5) is 18.8. The molecule has 2 aliphatic rings. The molecule has 0 aliphatic carbocycles. The van der Waals surface area contributed by atoms with E-state index in [-0.39, 0.29) is 19.1 Å². The highest BCUT2D eigenvalue weighted by atomic mass is 32.2. The minimum atomic E-state index is -3.45. The number of aromatic nitrogens is 1. The predicted octanol–water partition coefficient (Wildman–Crippen LogP) is 2.24. The van der Waals surface area contributed by atoms with E-state index in [9.17, 15) is 13.2 Å². The Labute approximate surface area is 199 Å². The van der Waals surface area contributed by atoms with Gasteiger partial charge in [0.15, 0.2) is 0 Å². The van der Waals surface area contributed by atoms with Crippen LogP contribution in [-0.4, -0.2) is 79.3 Å². The first-order valence-corrected chi connectivity index (χ1v) is 13.5. The van der Waals surface area contributed by atoms with E-state index in [1.807, 2.05) is 42.8 Å². The van der Waals surface area contributed by atoms with Crippen LogP contribution < -0.4 is 5.32 Å². The zero-order valence-electron chi connectivity index (χ0n) is 18.9. The van der Waals surface area contributed by atoms with E-state index in [1.54, 1.807) is 8.61 Å². The summed E-state index contributed by atoms with van der Waals surface area (Å²) in [5.74, 6) is 0.0658. The van der Waals surface area contributed by atoms with Gasteiger partial charge in [-0.3, -0.25) is 0 Å². The van der Waals surface area contributed by atoms with Crippen LogP contribution in [0.4, 0.5) is 4.79 Å². The molecular formula is C22H31N5O4S2. The largest absolute Gasteiger partial charge is 0.445 e. The molecule has 0 radical (unpaired) electrons. The number of nitrogens with one attached hydrogen (secondary N) is 1. The third-order valence-electron chi connectivity index (χ3n) is 6.08. The first-order chi connectivity index (χ1) is 15.9. The summed E-state index contributed by atoms with van der Waals surface area (Å²) in [6.45, 7) is 4.09. The Morgan fingerprint density at radius 2 is 1.91 bits per heavy atom. The van der Waals surface area contributed by atoms with Gasteiger partial charge in [-0.05, 0) is 25.5 Å². The van der Waals surface area contributed by atoms with Crippen LogP contribution in [0.1, 0.15) is 35.0 Å². The molecular weight excluding hydrogens is 462 g/mol. The van der Waals surface area contributed by atoms with Crippen molar-refractivity contribution < 1.29 is 17.9 Å². The van der Waals surface area contributed by atoms with Gasteiger partial charge in [0.1, 0.15) is 11.6 Å². The van der Waals surface area contributed by atoms with Crippen LogP contribution in [0.15, 0.2) is 35.7 Å². The van der Waals surface area contributed by atoms with Gasteiger partial charge >= 0.3 is 6.09 Å². The quantitative estimate of drug-likeness (QED) is 0.636. The van der Waals surface area contributed by atoms with Crippen LogP contribution in [0.3, 0.4) is 0 Å². The average molecular weight is 494 g/mol. The maximum Gasteiger partial charge on any atom is 0.407 e. The smallest absolute Gasteiger partial charge is 0.407 e. The SMILES string of the molecule is CN1CCN(S(=O)(=O)N2CCCC(c3csc(CNC(=O)OCc4ccccc4)n3)C2)CC1. The van der Waals surface area contributed by atoms with Gasteiger partial charge < -0.3 is 15.0 Å². The van der Waals surface area contributed by atoms with Crippen molar-refractivity contribution in [2.24, 2.45) is 0 Å². The minimum Gasteiger partial charge on any atom is -0.445 e. The highest BCUT2D eigenvalue weighted by Gasteiger charge is 2.35. The number of nitrogens with zero attached hydrogens (tertiary/aromatic N) is 4. The molecule has 33 heavy (non-hydrogen) atoms. The van der Waals surface area contributed by atoms with E-state index in [0.717, 1.165) is 42.2 Å². The van der Waals surface area contributed by atoms with E-state index in [4.69, 9.17) is 4.74 Å². The summed E-state index contributed by atoms with van der Waals surface area (Å²) in [5, 5.41) is 5.49. The van der Waals surface area contributed by atoms with Crippen molar-refractivity contribution in [2.45, 2.75) is 31.9 Å². The van der Waals surface area contributed by atoms with E-state index in [0.29, 0.717) is 26.2 Å². The van der Waals surface area contributed by atoms with Crippen LogP contribution in [0.2, 0.25) is 0 Å². The Hall–Kier alpha value is -2.05. The highest BCUT2D eigenvalue weighted by Crippen LogP contribution is 2.30. The molecule has 1 aromatic heterocycles. The van der Waals surface area contributed by atoms with Gasteiger partial charge in [0.05, 0.1) is 12.2 Å². The molecule has 1 amide bonds. The van der Waals surface area contributed by atoms with Gasteiger partial charge in [-0.25, -0.2) is 9.78 Å². The Bertz CT molecular complexity index is 1020. The number of rotatable bonds is 7. The second-order valence-electron chi connectivity index (χ2n) is 8.49. The topological polar surface area (TPSA) is 95.1 Å². The van der Waals surface area contributed by atoms with Crippen LogP contribution in [0, 0.1) is 0 Å². The van der Waals surface area contributed by atoms with Crippen LogP contribution >= 0.6 is 11.3 Å². The second-order valence-corrected chi connectivity index (χ2v) is 11.4. The fraction of sp³-hybridized carbons (Fsp3) is 0.545. The fourth-order valence-corrected chi connectivity index (χ4v) is 6.59. The number of thiazole rings is 1. The molecule has 0 bridgehead atoms. The molecule has 1 aromatic carbocycles. The first-order valence-electron chi connectivity index (χ1n) is 11.2. The Balaban J connectivity index is 1.28. The molecule has 180 valence electrons. The Morgan fingerprint density at radius 3 is 2.67 bits per heavy atom. The molecule has 2 aromatic rings. The fourth-order valence-electron chi connectivity index (χ4n) is 4.09. The number of likely N-dealkylation sites (N-methyl/N-ethyl adjacent to an activating group) is 1. The first kappa shape index (κ1) is 24.1. The molecule has 3 heterocycles. The number of alkyl carbamates (subject to hydrolysis) is 1. The van der Waals surface area contributed by atoms with Gasteiger partial charge in [0, 0.05) is 50.6 Å². The molecule has 1 N–H and O–H groups in total. The summed E-state index contributed by atoms with van der Waals surface area (Å²) < 4.78 is 34.7. The molecule has 11 heteroatoms. The summed E-state index contributed by atoms with van der Waals surface area (Å²) in [5.41, 5.74) is 1.82. The van der Waals surface area contributed by atoms with Crippen molar-refractivity contribution in [3.05, 3.63) is 52.0 Å². The average Bonchev–Trinajstić information content (AvgIpc) is 3.32. The number of hydrogen-bond donors (Lipinski definition) is 1. The zero-order chi connectivity index (χ0) is 23.3. The molecule has 2 aliphatic heterocycles. The van der Waals surface area contributed by atoms with Crippen LogP contribution in [-0.2, 0) is 28.1 Å². The lowest BCUT2D eigenvalue weighted by molar-refractivity contribution is 0.139. The van der Waals surface area contributed by atoms with Gasteiger partial charge in [-0.2, -0.15) is 17.0 Å². The predicted molar refractivity (Wildman–Crippen MR) is 127 cm³/mol. The zero-order valence-corrected chi connectivity index (χ0v) is 20.5. The lowest BCUT2D eigenvalue weighted by Gasteiger charge is -2.38. The molecule has 0 spiro atoms. The van der Waals surface area contributed by atoms with Crippen molar-refractivity contribution in [3.8, 4) is 0 Å². The number of ether oxygens (including phenoxy) is 1. The van der Waals surface area contributed by atoms with Gasteiger partial charge in [-0.1, -0.05) is 30.3 Å². The Kier molecular flexibility index (Phi) is 7.97. The van der Waals surface area contributed by atoms with Crippen molar-refractivity contribution in [3.63, 3.8) is 0 Å². The van der Waals surface area contributed by atoms with Gasteiger partial charge in [-0.15, -0.1) is 11.3 Å². The summed E-state index contributed by atoms with van der Waals surface area (Å²) >= 11 is 1.47. The third-order valence-corrected chi connectivity index (χ3v) is 8.95. The standard InChI is InChI=1S/C22H31N5O4S2/c1-25-10-12-26(13-11-25)33(29,30)27-9-5-8-19(15-27)20-17-32-21(24-20)14-23-22(28)31-16-18-6-3-2-4-7-18/h2-4,6-7,17,19H,5,8-16H2,1H3,(H,23,28). The van der Waals surface area contributed by atoms with E-state index < -0.39 is 16.3 Å². The maximum atomic E-state index is 13.1. The number of piperidine rings is 1. The number of carbonyl (C=O) groups is 1. The lowest BCUT2D eigenvalue weighted by atomic mass is 9.97. The summed E-state index contributed by atoms with van der Waals surface area (Å²) in [6, 6.07) is 9.51. The molecule has 9 nitrogen and oxygen atoms in total. The normalized spacial score (nSPS) is 21.1. The van der Waals surface area contributed by atoms with Crippen LogP contribution in [0.25, 0.3) is 0 Å². The van der Waals surface area contributed by atoms with Crippen LogP contribution in [0.5, 0.6) is 0 Å². The molecule has 1 atom stereocenters. The monoisotopic (exact) mass is 493 g/mol. The molecule has 1 unspecified atom stereocenters. The molecule has 2 saturated heterocycles. The van der Waals surface area contributed by atoms with E-state index in [2.05, 4.69) is 15.2 Å². The maximum absolute atomic E-state index is 13.1. The van der Waals surface area contributed by atoms with E-state index in [1.165, 1.54) is 11.3 Å². The highest BCUT2D eigenvalue weighted by molar-refractivity contribution is 7.86. The van der Waals surface area contributed by atoms with E-state index >= 15 is 0 Å². The lowest BCUT2D eigenvalue weighted by Crippen LogP contribution is -2.53. The van der Waals surface area contributed by atoms with Crippen molar-refractivity contribution in [2.75, 3.05) is 46.3 Å². The van der Waals surface area contributed by atoms with Gasteiger partial charge in [0.25, 0.3) is 10.2 Å². The molecule has 2 fully saturated rings. The summed E-state index contributed by atoms with van der Waals surface area (Å²) in [7, 11) is -1.44. The Morgan fingerprint density at radius 1 is 1.15 bits per heavy atom. The number of piperazine rings is 1. The molecule has 4 rings (SSSR count). The van der Waals surface area contributed by atoms with Gasteiger partial charge in [0.2, 0.25) is 0 Å². The minimum absolute atomic E-state index is 0.0658. The third kappa shape index (κ3) is 6.30.